The van der Waals surface area contributed by atoms with Gasteiger partial charge < -0.3 is 28.7 Å². The average molecular weight is 556 g/mol. The number of carboxylic acids is 1. The van der Waals surface area contributed by atoms with Crippen LogP contribution in [0.15, 0.2) is 24.3 Å². The first kappa shape index (κ1) is 35.9. The molecule has 2 atom stereocenters. The summed E-state index contributed by atoms with van der Waals surface area (Å²) in [5, 5.41) is 8.46. The van der Waals surface area contributed by atoms with Crippen LogP contribution in [-0.2, 0) is 47.0 Å². The molecule has 0 amide bonds. The second-order valence-electron chi connectivity index (χ2n) is 8.00. The van der Waals surface area contributed by atoms with Crippen LogP contribution in [-0.4, -0.2) is 86.0 Å². The van der Waals surface area contributed by atoms with E-state index in [-0.39, 0.29) is 51.6 Å². The van der Waals surface area contributed by atoms with Crippen molar-refractivity contribution < 1.29 is 57.0 Å². The monoisotopic (exact) mass is 556 g/mol. The number of carbonyl (C=O) groups excluding carboxylic acids is 3. The molecule has 0 aliphatic carbocycles. The smallest absolute Gasteiger partial charge is 0.333 e. The van der Waals surface area contributed by atoms with Crippen molar-refractivity contribution in [1.29, 1.82) is 0 Å². The van der Waals surface area contributed by atoms with Crippen LogP contribution in [0.5, 0.6) is 0 Å². The molecule has 0 aliphatic heterocycles. The lowest BCUT2D eigenvalue weighted by atomic mass is 10.4. The van der Waals surface area contributed by atoms with Gasteiger partial charge >= 0.3 is 23.9 Å². The number of carboxylic acid groups (broad SMARTS) is 1. The summed E-state index contributed by atoms with van der Waals surface area (Å²) in [6, 6.07) is 0. The Hall–Kier alpha value is -2.26. The summed E-state index contributed by atoms with van der Waals surface area (Å²) < 4.78 is 42.1. The second-order valence-corrected chi connectivity index (χ2v) is 13.3. The number of rotatable bonds is 17. The summed E-state index contributed by atoms with van der Waals surface area (Å²) in [6.45, 7) is 13.1. The van der Waals surface area contributed by atoms with Crippen LogP contribution < -0.4 is 0 Å². The van der Waals surface area contributed by atoms with E-state index in [2.05, 4.69) is 13.2 Å². The largest absolute Gasteiger partial charge is 0.481 e. The predicted octanol–water partition coefficient (Wildman–Crippen LogP) is 3.22. The average Bonchev–Trinajstić information content (AvgIpc) is 2.75. The minimum Gasteiger partial charge on any atom is -0.481 e. The fourth-order valence-electron chi connectivity index (χ4n) is 1.87. The predicted molar refractivity (Wildman–Crippen MR) is 134 cm³/mol. The van der Waals surface area contributed by atoms with E-state index in [1.165, 1.54) is 13.3 Å². The first-order chi connectivity index (χ1) is 16.5. The van der Waals surface area contributed by atoms with Gasteiger partial charge in [-0.2, -0.15) is 0 Å². The van der Waals surface area contributed by atoms with Gasteiger partial charge in [0.15, 0.2) is 7.37 Å². The van der Waals surface area contributed by atoms with Crippen LogP contribution in [0.4, 0.5) is 0 Å². The highest BCUT2D eigenvalue weighted by Gasteiger charge is 2.17. The molecule has 0 aliphatic rings. The molecule has 0 aromatic carbocycles. The highest BCUT2D eigenvalue weighted by molar-refractivity contribution is 7.58. The Bertz CT molecular complexity index is 859. The molecule has 0 fully saturated rings. The SMILES string of the molecule is C=C(C)C(=O)OCCCOC(=O)CCP(C)(=O)O.C=C(C)C(=O)OCCCOP(C)(=O)CCC(=O)O. The molecule has 0 radical (unpaired) electrons. The van der Waals surface area contributed by atoms with Gasteiger partial charge in [-0.3, -0.25) is 18.7 Å². The third-order valence-electron chi connectivity index (χ3n) is 3.83. The van der Waals surface area contributed by atoms with E-state index in [0.29, 0.717) is 24.0 Å². The quantitative estimate of drug-likeness (QED) is 0.0879. The van der Waals surface area contributed by atoms with Crippen molar-refractivity contribution in [2.45, 2.75) is 39.5 Å². The van der Waals surface area contributed by atoms with Gasteiger partial charge in [-0.05, 0) is 13.8 Å². The maximum absolute atomic E-state index is 11.7. The van der Waals surface area contributed by atoms with Crippen molar-refractivity contribution >= 4 is 38.6 Å². The van der Waals surface area contributed by atoms with E-state index >= 15 is 0 Å². The molecule has 14 heteroatoms. The summed E-state index contributed by atoms with van der Waals surface area (Å²) in [4.78, 5) is 52.4. The summed E-state index contributed by atoms with van der Waals surface area (Å²) in [5.41, 5.74) is 0.632. The standard InChI is InChI=1S/2C11H19O6P/c1-9(2)11(13)17-7-4-6-16-10(12)5-8-18(3,14)15;1-9(2)11(14)16-6-4-7-17-18(3,15)8-5-10(12)13/h1,4-8H2,2-3H3,(H,14,15);1,4-8H2,2-3H3,(H,12,13). The van der Waals surface area contributed by atoms with Gasteiger partial charge in [0.05, 0.1) is 39.3 Å². The van der Waals surface area contributed by atoms with Gasteiger partial charge in [0.1, 0.15) is 0 Å². The van der Waals surface area contributed by atoms with Crippen molar-refractivity contribution in [3.63, 3.8) is 0 Å². The van der Waals surface area contributed by atoms with Crippen molar-refractivity contribution in [3.8, 4) is 0 Å². The Kier molecular flexibility index (Phi) is 18.9. The Morgan fingerprint density at radius 3 is 1.61 bits per heavy atom. The van der Waals surface area contributed by atoms with Gasteiger partial charge in [-0.25, -0.2) is 9.59 Å². The van der Waals surface area contributed by atoms with E-state index in [4.69, 9.17) is 28.7 Å². The summed E-state index contributed by atoms with van der Waals surface area (Å²) in [6.07, 6.45) is 0.441. The van der Waals surface area contributed by atoms with Gasteiger partial charge in [-0.15, -0.1) is 0 Å². The maximum atomic E-state index is 11.7. The molecule has 0 saturated carbocycles. The number of hydrogen-bond acceptors (Lipinski definition) is 10. The summed E-state index contributed by atoms with van der Waals surface area (Å²) in [7, 11) is -6.04. The van der Waals surface area contributed by atoms with Crippen molar-refractivity contribution in [2.75, 3.05) is 52.1 Å². The third-order valence-corrected chi connectivity index (χ3v) is 6.65. The number of esters is 3. The van der Waals surface area contributed by atoms with E-state index in [1.807, 2.05) is 0 Å². The molecule has 12 nitrogen and oxygen atoms in total. The fraction of sp³-hybridized carbons (Fsp3) is 0.636. The van der Waals surface area contributed by atoms with Gasteiger partial charge in [-0.1, -0.05) is 13.2 Å². The Morgan fingerprint density at radius 2 is 1.19 bits per heavy atom. The van der Waals surface area contributed by atoms with Crippen LogP contribution >= 0.6 is 14.7 Å². The van der Waals surface area contributed by atoms with E-state index in [1.54, 1.807) is 13.8 Å². The lowest BCUT2D eigenvalue weighted by Gasteiger charge is -2.12. The Balaban J connectivity index is 0. The molecule has 0 heterocycles. The lowest BCUT2D eigenvalue weighted by Crippen LogP contribution is -2.11. The zero-order chi connectivity index (χ0) is 28.4. The van der Waals surface area contributed by atoms with Gasteiger partial charge in [0, 0.05) is 49.6 Å². The van der Waals surface area contributed by atoms with Crippen LogP contribution in [0.3, 0.4) is 0 Å². The molecule has 36 heavy (non-hydrogen) atoms. The molecule has 2 unspecified atom stereocenters. The molecule has 0 spiro atoms. The third kappa shape index (κ3) is 24.9. The molecular formula is C22H38O12P2. The normalized spacial score (nSPS) is 13.6. The van der Waals surface area contributed by atoms with E-state index in [9.17, 15) is 28.3 Å². The van der Waals surface area contributed by atoms with Gasteiger partial charge in [0.25, 0.3) is 0 Å². The van der Waals surface area contributed by atoms with Crippen LogP contribution in [0, 0.1) is 0 Å². The maximum Gasteiger partial charge on any atom is 0.333 e. The van der Waals surface area contributed by atoms with Crippen LogP contribution in [0.25, 0.3) is 0 Å². The number of aliphatic carboxylic acids is 1. The van der Waals surface area contributed by atoms with E-state index in [0.717, 1.165) is 0 Å². The first-order valence-electron chi connectivity index (χ1n) is 11.0. The molecule has 208 valence electrons. The summed E-state index contributed by atoms with van der Waals surface area (Å²) in [5.74, 6) is -2.48. The Morgan fingerprint density at radius 1 is 0.750 bits per heavy atom. The zero-order valence-corrected chi connectivity index (χ0v) is 23.1. The van der Waals surface area contributed by atoms with Crippen LogP contribution in [0.1, 0.15) is 39.5 Å². The molecule has 0 rings (SSSR count). The second kappa shape index (κ2) is 18.9. The number of hydrogen-bond donors (Lipinski definition) is 2. The van der Waals surface area contributed by atoms with Crippen molar-refractivity contribution in [3.05, 3.63) is 24.3 Å². The highest BCUT2D eigenvalue weighted by atomic mass is 31.2. The lowest BCUT2D eigenvalue weighted by molar-refractivity contribution is -0.144. The summed E-state index contributed by atoms with van der Waals surface area (Å²) >= 11 is 0. The van der Waals surface area contributed by atoms with Crippen molar-refractivity contribution in [1.82, 2.24) is 0 Å². The minimum absolute atomic E-state index is 0.00782. The topological polar surface area (TPSA) is 180 Å². The van der Waals surface area contributed by atoms with Gasteiger partial charge in [0.2, 0.25) is 7.37 Å². The molecule has 2 N–H and O–H groups in total. The Labute approximate surface area is 211 Å². The molecule has 0 saturated heterocycles. The minimum atomic E-state index is -3.17. The zero-order valence-electron chi connectivity index (χ0n) is 21.4. The highest BCUT2D eigenvalue weighted by Crippen LogP contribution is 2.43. The molecule has 0 aromatic rings. The fourth-order valence-corrected chi connectivity index (χ4v) is 3.71. The molecule has 0 bridgehead atoms. The van der Waals surface area contributed by atoms with Crippen LogP contribution in [0.2, 0.25) is 0 Å². The number of carbonyl (C=O) groups is 4. The molecular weight excluding hydrogens is 518 g/mol. The number of ether oxygens (including phenoxy) is 3. The van der Waals surface area contributed by atoms with Crippen molar-refractivity contribution in [2.24, 2.45) is 0 Å². The van der Waals surface area contributed by atoms with E-state index < -0.39 is 38.6 Å². The first-order valence-corrected chi connectivity index (χ1v) is 15.5. The molecule has 0 aromatic heterocycles.